The second kappa shape index (κ2) is 4.42. The minimum atomic E-state index is -0.693. The van der Waals surface area contributed by atoms with Gasteiger partial charge >= 0.3 is 5.97 Å². The summed E-state index contributed by atoms with van der Waals surface area (Å²) in [5, 5.41) is 9.16. The number of carbonyl (C=O) groups is 1. The van der Waals surface area contributed by atoms with Crippen molar-refractivity contribution in [1.82, 2.24) is 0 Å². The molecule has 13 heavy (non-hydrogen) atoms. The molecule has 0 aromatic heterocycles. The van der Waals surface area contributed by atoms with Crippen LogP contribution in [-0.4, -0.2) is 20.0 Å². The van der Waals surface area contributed by atoms with Gasteiger partial charge in [-0.2, -0.15) is 0 Å². The van der Waals surface area contributed by atoms with Crippen LogP contribution in [0.15, 0.2) is 0 Å². The van der Waals surface area contributed by atoms with E-state index in [-0.39, 0.29) is 0 Å². The molecule has 0 saturated heterocycles. The molecule has 0 heterocycles. The van der Waals surface area contributed by atoms with Gasteiger partial charge in [-0.05, 0) is 19.8 Å². The maximum absolute atomic E-state index is 11.1. The molecule has 0 unspecified atom stereocenters. The Kier molecular flexibility index (Phi) is 3.74. The van der Waals surface area contributed by atoms with Gasteiger partial charge < -0.3 is 5.11 Å². The smallest absolute Gasteiger partial charge is 0.320 e. The molecule has 0 bridgehead atoms. The first-order valence-electron chi connectivity index (χ1n) is 4.50. The zero-order valence-electron chi connectivity index (χ0n) is 7.71. The summed E-state index contributed by atoms with van der Waals surface area (Å²) >= 11 is 6.33. The fourth-order valence-electron chi connectivity index (χ4n) is 1.76. The lowest BCUT2D eigenvalue weighted by atomic mass is 9.88. The Bertz CT molecular complexity index is 220. The van der Waals surface area contributed by atoms with Crippen LogP contribution in [-0.2, 0) is 4.79 Å². The molecule has 2 nitrogen and oxygen atoms in total. The highest BCUT2D eigenvalue weighted by Gasteiger charge is 2.40. The molecule has 1 rings (SSSR count). The van der Waals surface area contributed by atoms with Gasteiger partial charge in [0, 0.05) is 4.20 Å². The molecule has 0 radical (unpaired) electrons. The number of hydrogen-bond donors (Lipinski definition) is 1. The first kappa shape index (κ1) is 11.0. The zero-order valence-corrected chi connectivity index (χ0v) is 9.34. The number of hydrogen-bond acceptors (Lipinski definition) is 3. The number of thioether (sulfide) groups is 1. The Labute approximate surface area is 88.1 Å². The lowest BCUT2D eigenvalue weighted by Crippen LogP contribution is -2.37. The highest BCUT2D eigenvalue weighted by atomic mass is 32.2. The van der Waals surface area contributed by atoms with E-state index in [1.165, 1.54) is 11.8 Å². The highest BCUT2D eigenvalue weighted by molar-refractivity contribution is 8.24. The molecule has 0 aliphatic heterocycles. The van der Waals surface area contributed by atoms with Crippen molar-refractivity contribution in [3.63, 3.8) is 0 Å². The van der Waals surface area contributed by atoms with Crippen molar-refractivity contribution in [3.8, 4) is 0 Å². The average Bonchev–Trinajstić information content (AvgIpc) is 2.04. The maximum atomic E-state index is 11.1. The Morgan fingerprint density at radius 3 is 2.31 bits per heavy atom. The minimum Gasteiger partial charge on any atom is -0.480 e. The second-order valence-corrected chi connectivity index (χ2v) is 5.92. The third-order valence-electron chi connectivity index (χ3n) is 2.39. The number of carboxylic acids is 1. The molecular formula is C9H14O2S2. The summed E-state index contributed by atoms with van der Waals surface area (Å²) in [6, 6.07) is 0. The summed E-state index contributed by atoms with van der Waals surface area (Å²) in [5.41, 5.74) is 0. The van der Waals surface area contributed by atoms with E-state index in [4.69, 9.17) is 17.3 Å². The molecule has 1 fully saturated rings. The molecule has 1 saturated carbocycles. The summed E-state index contributed by atoms with van der Waals surface area (Å²) < 4.78 is 0.133. The summed E-state index contributed by atoms with van der Waals surface area (Å²) in [4.78, 5) is 11.1. The summed E-state index contributed by atoms with van der Waals surface area (Å²) in [5.74, 6) is -0.693. The molecule has 0 amide bonds. The van der Waals surface area contributed by atoms with Gasteiger partial charge in [0.2, 0.25) is 0 Å². The van der Waals surface area contributed by atoms with E-state index in [0.29, 0.717) is 0 Å². The first-order chi connectivity index (χ1) is 6.07. The van der Waals surface area contributed by atoms with Crippen molar-refractivity contribution in [3.05, 3.63) is 0 Å². The fourth-order valence-corrected chi connectivity index (χ4v) is 3.37. The van der Waals surface area contributed by atoms with Crippen LogP contribution in [0, 0.1) is 0 Å². The largest absolute Gasteiger partial charge is 0.480 e. The molecule has 74 valence electrons. The molecule has 1 aliphatic rings. The van der Waals surface area contributed by atoms with E-state index in [9.17, 15) is 4.79 Å². The monoisotopic (exact) mass is 218 g/mol. The quantitative estimate of drug-likeness (QED) is 0.723. The molecule has 0 aromatic rings. The minimum absolute atomic E-state index is 0.607. The Hall–Kier alpha value is -0.0900. The van der Waals surface area contributed by atoms with E-state index in [1.807, 2.05) is 0 Å². The Balaban J connectivity index is 2.73. The third-order valence-corrected chi connectivity index (χ3v) is 3.90. The number of aliphatic carboxylic acids is 1. The van der Waals surface area contributed by atoms with Gasteiger partial charge in [0.05, 0.1) is 0 Å². The molecule has 1 N–H and O–H groups in total. The molecule has 0 spiro atoms. The van der Waals surface area contributed by atoms with Crippen molar-refractivity contribution in [1.29, 1.82) is 0 Å². The van der Waals surface area contributed by atoms with Gasteiger partial charge in [0.15, 0.2) is 0 Å². The van der Waals surface area contributed by atoms with E-state index >= 15 is 0 Å². The SMILES string of the molecule is CC(=S)SC1(C(=O)O)CCCCC1. The van der Waals surface area contributed by atoms with Crippen LogP contribution >= 0.6 is 24.0 Å². The van der Waals surface area contributed by atoms with Gasteiger partial charge in [0.1, 0.15) is 4.75 Å². The van der Waals surface area contributed by atoms with Gasteiger partial charge in [-0.3, -0.25) is 4.79 Å². The van der Waals surface area contributed by atoms with Crippen LogP contribution in [0.25, 0.3) is 0 Å². The van der Waals surface area contributed by atoms with E-state index in [2.05, 4.69) is 0 Å². The van der Waals surface area contributed by atoms with Crippen LogP contribution in [0.1, 0.15) is 39.0 Å². The first-order valence-corrected chi connectivity index (χ1v) is 5.72. The predicted octanol–water partition coefficient (Wildman–Crippen LogP) is 2.85. The van der Waals surface area contributed by atoms with Gasteiger partial charge in [-0.1, -0.05) is 31.5 Å². The summed E-state index contributed by atoms with van der Waals surface area (Å²) in [7, 11) is 0. The fraction of sp³-hybridized carbons (Fsp3) is 0.778. The van der Waals surface area contributed by atoms with Crippen LogP contribution in [0.2, 0.25) is 0 Å². The van der Waals surface area contributed by atoms with Crippen molar-refractivity contribution < 1.29 is 9.90 Å². The molecular weight excluding hydrogens is 204 g/mol. The van der Waals surface area contributed by atoms with Crippen LogP contribution in [0.4, 0.5) is 0 Å². The average molecular weight is 218 g/mol. The lowest BCUT2D eigenvalue weighted by Gasteiger charge is -2.31. The predicted molar refractivity (Wildman–Crippen MR) is 59.3 cm³/mol. The summed E-state index contributed by atoms with van der Waals surface area (Å²) in [6.45, 7) is 1.80. The molecule has 4 heteroatoms. The number of thiocarbonyl (C=S) groups is 1. The van der Waals surface area contributed by atoms with E-state index < -0.39 is 10.7 Å². The summed E-state index contributed by atoms with van der Waals surface area (Å²) in [6.07, 6.45) is 4.72. The standard InChI is InChI=1S/C9H14O2S2/c1-7(12)13-9(8(10)11)5-3-2-4-6-9/h2-6H2,1H3,(H,10,11). The van der Waals surface area contributed by atoms with Crippen molar-refractivity contribution >= 4 is 34.1 Å². The molecule has 0 aromatic carbocycles. The van der Waals surface area contributed by atoms with E-state index in [0.717, 1.165) is 36.3 Å². The van der Waals surface area contributed by atoms with Crippen LogP contribution in [0.3, 0.4) is 0 Å². The van der Waals surface area contributed by atoms with E-state index in [1.54, 1.807) is 6.92 Å². The number of carboxylic acid groups (broad SMARTS) is 1. The van der Waals surface area contributed by atoms with Crippen LogP contribution in [0.5, 0.6) is 0 Å². The molecule has 1 aliphatic carbocycles. The lowest BCUT2D eigenvalue weighted by molar-refractivity contribution is -0.140. The normalized spacial score (nSPS) is 21.0. The maximum Gasteiger partial charge on any atom is 0.320 e. The Morgan fingerprint density at radius 1 is 1.38 bits per heavy atom. The van der Waals surface area contributed by atoms with Gasteiger partial charge in [-0.25, -0.2) is 0 Å². The Morgan fingerprint density at radius 2 is 1.92 bits per heavy atom. The second-order valence-electron chi connectivity index (χ2n) is 3.45. The van der Waals surface area contributed by atoms with Crippen molar-refractivity contribution in [2.75, 3.05) is 0 Å². The van der Waals surface area contributed by atoms with Crippen LogP contribution < -0.4 is 0 Å². The highest BCUT2D eigenvalue weighted by Crippen LogP contribution is 2.40. The molecule has 0 atom stereocenters. The van der Waals surface area contributed by atoms with Crippen molar-refractivity contribution in [2.24, 2.45) is 0 Å². The van der Waals surface area contributed by atoms with Gasteiger partial charge in [0.25, 0.3) is 0 Å². The number of rotatable bonds is 2. The third kappa shape index (κ3) is 2.68. The topological polar surface area (TPSA) is 37.3 Å². The van der Waals surface area contributed by atoms with Gasteiger partial charge in [-0.15, -0.1) is 11.8 Å². The zero-order chi connectivity index (χ0) is 9.90. The van der Waals surface area contributed by atoms with Crippen molar-refractivity contribution in [2.45, 2.75) is 43.8 Å².